The Morgan fingerprint density at radius 1 is 1.03 bits per heavy atom. The smallest absolute Gasteiger partial charge is 0.255 e. The van der Waals surface area contributed by atoms with Crippen molar-refractivity contribution in [3.63, 3.8) is 0 Å². The van der Waals surface area contributed by atoms with E-state index < -0.39 is 17.5 Å². The Bertz CT molecular complexity index is 1100. The summed E-state index contributed by atoms with van der Waals surface area (Å²) in [5.41, 5.74) is 1.62. The zero-order valence-electron chi connectivity index (χ0n) is 16.1. The van der Waals surface area contributed by atoms with Gasteiger partial charge in [-0.25, -0.2) is 0 Å². The van der Waals surface area contributed by atoms with Gasteiger partial charge in [0.2, 0.25) is 11.8 Å². The molecule has 4 rings (SSSR count). The van der Waals surface area contributed by atoms with Gasteiger partial charge in [0.1, 0.15) is 5.66 Å². The van der Waals surface area contributed by atoms with Gasteiger partial charge in [0.25, 0.3) is 5.91 Å². The van der Waals surface area contributed by atoms with E-state index in [1.807, 2.05) is 0 Å². The number of hydrogen-bond donors (Lipinski definition) is 4. The molecule has 2 aliphatic rings. The number of nitrogens with one attached hydrogen (secondary N) is 4. The summed E-state index contributed by atoms with van der Waals surface area (Å²) in [6, 6.07) is 9.74. The standard InChI is InChI=1S/C21H18Cl2N4O3S/c22-12-1-3-17(15(23)9-12)25-19(29)6-5-18(28)24-13-2-4-16-14(10-13)20(30)27-21(26-16)7-8-31-11-21/h1-6,9-10,26H,7-8,11H2,(H,24,28)(H,25,29)(H,27,30)/b6-5+. The molecule has 1 saturated heterocycles. The van der Waals surface area contributed by atoms with E-state index >= 15 is 0 Å². The SMILES string of the molecule is O=C(/C=C/C(=O)Nc1ccc(Cl)cc1Cl)Nc1ccc2c(c1)C(=O)NC1(CCSC1)N2. The van der Waals surface area contributed by atoms with Crippen LogP contribution in [0.15, 0.2) is 48.6 Å². The van der Waals surface area contributed by atoms with E-state index in [4.69, 9.17) is 23.2 Å². The zero-order chi connectivity index (χ0) is 22.0. The lowest BCUT2D eigenvalue weighted by Gasteiger charge is -2.37. The molecule has 2 aromatic carbocycles. The molecule has 10 heteroatoms. The highest BCUT2D eigenvalue weighted by Gasteiger charge is 2.40. The largest absolute Gasteiger partial charge is 0.361 e. The van der Waals surface area contributed by atoms with Crippen LogP contribution in [0.4, 0.5) is 17.1 Å². The first-order valence-electron chi connectivity index (χ1n) is 9.41. The van der Waals surface area contributed by atoms with Crippen LogP contribution in [-0.4, -0.2) is 34.9 Å². The number of carbonyl (C=O) groups is 3. The minimum Gasteiger partial charge on any atom is -0.361 e. The second-order valence-electron chi connectivity index (χ2n) is 7.16. The molecule has 3 amide bonds. The molecule has 0 aromatic heterocycles. The van der Waals surface area contributed by atoms with Gasteiger partial charge >= 0.3 is 0 Å². The molecule has 0 radical (unpaired) electrons. The number of halogens is 2. The van der Waals surface area contributed by atoms with E-state index in [9.17, 15) is 14.4 Å². The predicted octanol–water partition coefficient (Wildman–Crippen LogP) is 4.12. The van der Waals surface area contributed by atoms with Gasteiger partial charge in [-0.3, -0.25) is 14.4 Å². The number of amides is 3. The van der Waals surface area contributed by atoms with Gasteiger partial charge in [-0.1, -0.05) is 23.2 Å². The molecule has 2 aliphatic heterocycles. The van der Waals surface area contributed by atoms with Crippen LogP contribution in [0.1, 0.15) is 16.8 Å². The van der Waals surface area contributed by atoms with Crippen LogP contribution in [0.3, 0.4) is 0 Å². The lowest BCUT2D eigenvalue weighted by molar-refractivity contribution is -0.114. The van der Waals surface area contributed by atoms with Gasteiger partial charge in [0.15, 0.2) is 0 Å². The van der Waals surface area contributed by atoms with E-state index in [1.165, 1.54) is 6.07 Å². The average Bonchev–Trinajstić information content (AvgIpc) is 3.16. The third-order valence-electron chi connectivity index (χ3n) is 4.86. The Balaban J connectivity index is 1.38. The third kappa shape index (κ3) is 4.98. The number of thioether (sulfide) groups is 1. The first kappa shape index (κ1) is 21.5. The fraction of sp³-hybridized carbons (Fsp3) is 0.190. The molecular formula is C21H18Cl2N4O3S. The number of fused-ring (bicyclic) bond motifs is 1. The second kappa shape index (κ2) is 8.82. The molecule has 0 bridgehead atoms. The van der Waals surface area contributed by atoms with Crippen molar-refractivity contribution in [3.8, 4) is 0 Å². The van der Waals surface area contributed by atoms with Crippen LogP contribution in [-0.2, 0) is 9.59 Å². The quantitative estimate of drug-likeness (QED) is 0.497. The summed E-state index contributed by atoms with van der Waals surface area (Å²) in [6.07, 6.45) is 3.05. The molecule has 4 N–H and O–H groups in total. The summed E-state index contributed by atoms with van der Waals surface area (Å²) >= 11 is 13.6. The van der Waals surface area contributed by atoms with E-state index in [0.29, 0.717) is 22.0 Å². The van der Waals surface area contributed by atoms with Gasteiger partial charge in [-0.05, 0) is 48.6 Å². The lowest BCUT2D eigenvalue weighted by Crippen LogP contribution is -2.57. The second-order valence-corrected chi connectivity index (χ2v) is 9.11. The van der Waals surface area contributed by atoms with Crippen molar-refractivity contribution in [1.29, 1.82) is 0 Å². The van der Waals surface area contributed by atoms with Crippen molar-refractivity contribution in [2.24, 2.45) is 0 Å². The van der Waals surface area contributed by atoms with Gasteiger partial charge in [-0.15, -0.1) is 0 Å². The summed E-state index contributed by atoms with van der Waals surface area (Å²) in [4.78, 5) is 36.8. The van der Waals surface area contributed by atoms with Gasteiger partial charge in [-0.2, -0.15) is 11.8 Å². The maximum atomic E-state index is 12.6. The summed E-state index contributed by atoms with van der Waals surface area (Å²) < 4.78 is 0. The summed E-state index contributed by atoms with van der Waals surface area (Å²) in [5, 5.41) is 12.4. The highest BCUT2D eigenvalue weighted by Crippen LogP contribution is 2.35. The van der Waals surface area contributed by atoms with Crippen molar-refractivity contribution < 1.29 is 14.4 Å². The number of anilines is 3. The van der Waals surface area contributed by atoms with Crippen molar-refractivity contribution in [2.75, 3.05) is 27.5 Å². The lowest BCUT2D eigenvalue weighted by atomic mass is 10.0. The Hall–Kier alpha value is -2.68. The monoisotopic (exact) mass is 476 g/mol. The van der Waals surface area contributed by atoms with Crippen molar-refractivity contribution in [2.45, 2.75) is 12.1 Å². The van der Waals surface area contributed by atoms with Crippen LogP contribution in [0, 0.1) is 0 Å². The Labute approximate surface area is 192 Å². The molecule has 1 unspecified atom stereocenters. The molecular weight excluding hydrogens is 459 g/mol. The van der Waals surface area contributed by atoms with Crippen molar-refractivity contribution >= 4 is 69.7 Å². The van der Waals surface area contributed by atoms with Crippen LogP contribution in [0.5, 0.6) is 0 Å². The molecule has 7 nitrogen and oxygen atoms in total. The Morgan fingerprint density at radius 3 is 2.52 bits per heavy atom. The maximum absolute atomic E-state index is 12.6. The van der Waals surface area contributed by atoms with Gasteiger partial charge in [0.05, 0.1) is 16.3 Å². The first-order chi connectivity index (χ1) is 14.8. The van der Waals surface area contributed by atoms with E-state index in [2.05, 4.69) is 21.3 Å². The van der Waals surface area contributed by atoms with Crippen LogP contribution in [0.25, 0.3) is 0 Å². The highest BCUT2D eigenvalue weighted by molar-refractivity contribution is 7.99. The summed E-state index contributed by atoms with van der Waals surface area (Å²) in [6.45, 7) is 0. The summed E-state index contributed by atoms with van der Waals surface area (Å²) in [5.74, 6) is 0.589. The Kier molecular flexibility index (Phi) is 6.13. The van der Waals surface area contributed by atoms with E-state index in [-0.39, 0.29) is 10.9 Å². The summed E-state index contributed by atoms with van der Waals surface area (Å²) in [7, 11) is 0. The fourth-order valence-electron chi connectivity index (χ4n) is 3.36. The topological polar surface area (TPSA) is 99.3 Å². The number of benzene rings is 2. The number of hydrogen-bond acceptors (Lipinski definition) is 5. The number of rotatable bonds is 4. The molecule has 2 aromatic rings. The van der Waals surface area contributed by atoms with Gasteiger partial charge < -0.3 is 21.3 Å². The van der Waals surface area contributed by atoms with Crippen LogP contribution < -0.4 is 21.3 Å². The average molecular weight is 477 g/mol. The van der Waals surface area contributed by atoms with Crippen molar-refractivity contribution in [3.05, 3.63) is 64.2 Å². The molecule has 160 valence electrons. The molecule has 0 aliphatic carbocycles. The number of carbonyl (C=O) groups excluding carboxylic acids is 3. The molecule has 1 atom stereocenters. The van der Waals surface area contributed by atoms with E-state index in [0.717, 1.165) is 35.8 Å². The molecule has 2 heterocycles. The molecule has 1 spiro atoms. The normalized spacial score (nSPS) is 19.6. The van der Waals surface area contributed by atoms with Crippen LogP contribution in [0.2, 0.25) is 10.0 Å². The minimum absolute atomic E-state index is 0.179. The van der Waals surface area contributed by atoms with Crippen molar-refractivity contribution in [1.82, 2.24) is 5.32 Å². The molecule has 1 fully saturated rings. The Morgan fingerprint density at radius 2 is 1.81 bits per heavy atom. The van der Waals surface area contributed by atoms with E-state index in [1.54, 1.807) is 42.1 Å². The van der Waals surface area contributed by atoms with Gasteiger partial charge in [0, 0.05) is 34.3 Å². The molecule has 0 saturated carbocycles. The maximum Gasteiger partial charge on any atom is 0.255 e. The third-order valence-corrected chi connectivity index (χ3v) is 6.59. The molecule has 31 heavy (non-hydrogen) atoms. The zero-order valence-corrected chi connectivity index (χ0v) is 18.5. The fourth-order valence-corrected chi connectivity index (χ4v) is 5.09. The first-order valence-corrected chi connectivity index (χ1v) is 11.3. The van der Waals surface area contributed by atoms with Crippen LogP contribution >= 0.6 is 35.0 Å². The highest BCUT2D eigenvalue weighted by atomic mass is 35.5. The minimum atomic E-state index is -0.520. The predicted molar refractivity (Wildman–Crippen MR) is 125 cm³/mol.